The van der Waals surface area contributed by atoms with Gasteiger partial charge < -0.3 is 11.5 Å². The van der Waals surface area contributed by atoms with Gasteiger partial charge >= 0.3 is 0 Å². The molecule has 1 aliphatic carbocycles. The van der Waals surface area contributed by atoms with E-state index in [9.17, 15) is 0 Å². The van der Waals surface area contributed by atoms with Gasteiger partial charge in [0.15, 0.2) is 0 Å². The Kier molecular flexibility index (Phi) is 4.81. The van der Waals surface area contributed by atoms with Gasteiger partial charge in [0.1, 0.15) is 0 Å². The van der Waals surface area contributed by atoms with Crippen molar-refractivity contribution in [2.24, 2.45) is 0 Å². The third-order valence-electron chi connectivity index (χ3n) is 4.65. The molecule has 0 saturated carbocycles. The van der Waals surface area contributed by atoms with E-state index < -0.39 is 0 Å². The smallest absolute Gasteiger partial charge is 0.0740 e. The summed E-state index contributed by atoms with van der Waals surface area (Å²) in [6.45, 7) is 2.08. The van der Waals surface area contributed by atoms with Crippen LogP contribution in [0, 0.1) is 0 Å². The number of piperidine rings is 1. The van der Waals surface area contributed by atoms with Crippen molar-refractivity contribution in [1.29, 1.82) is 0 Å². The first-order valence-electron chi connectivity index (χ1n) is 7.99. The maximum Gasteiger partial charge on any atom is 0.0740 e. The van der Waals surface area contributed by atoms with Crippen molar-refractivity contribution in [2.75, 3.05) is 13.1 Å². The lowest BCUT2D eigenvalue weighted by Crippen LogP contribution is -2.25. The van der Waals surface area contributed by atoms with Crippen molar-refractivity contribution in [3.05, 3.63) is 69.5 Å². The van der Waals surface area contributed by atoms with E-state index in [2.05, 4.69) is 23.5 Å². The lowest BCUT2D eigenvalue weighted by atomic mass is 9.90. The second kappa shape index (κ2) is 6.83. The summed E-state index contributed by atoms with van der Waals surface area (Å²) in [5, 5.41) is 4.34. The Balaban J connectivity index is 0.00000156. The number of rotatable bonds is 0. The zero-order valence-corrected chi connectivity index (χ0v) is 14.0. The van der Waals surface area contributed by atoms with E-state index in [1.165, 1.54) is 40.0 Å². The van der Waals surface area contributed by atoms with Crippen LogP contribution in [0.25, 0.3) is 5.57 Å². The Morgan fingerprint density at radius 1 is 1.04 bits per heavy atom. The molecule has 1 aliphatic heterocycles. The molecule has 1 saturated heterocycles. The lowest BCUT2D eigenvalue weighted by molar-refractivity contribution is 0.611. The number of benzene rings is 1. The Hall–Kier alpha value is -1.68. The molecule has 4 rings (SSSR count). The number of aryl methyl sites for hydroxylation is 2. The molecule has 4 heteroatoms. The predicted octanol–water partition coefficient (Wildman–Crippen LogP) is 4.18. The van der Waals surface area contributed by atoms with E-state index in [-0.39, 0.29) is 6.15 Å². The van der Waals surface area contributed by atoms with E-state index in [1.54, 1.807) is 0 Å². The fourth-order valence-corrected chi connectivity index (χ4v) is 3.80. The lowest BCUT2D eigenvalue weighted by Gasteiger charge is -2.21. The number of fused-ring (bicyclic) bond motifs is 2. The van der Waals surface area contributed by atoms with Crippen LogP contribution in [0.15, 0.2) is 42.1 Å². The highest BCUT2D eigenvalue weighted by molar-refractivity contribution is 6.30. The summed E-state index contributed by atoms with van der Waals surface area (Å²) >= 11 is 6.23. The number of pyridine rings is 1. The zero-order valence-electron chi connectivity index (χ0n) is 13.2. The van der Waals surface area contributed by atoms with Gasteiger partial charge in [-0.3, -0.25) is 4.98 Å². The van der Waals surface area contributed by atoms with Crippen molar-refractivity contribution in [3.63, 3.8) is 0 Å². The molecule has 120 valence electrons. The van der Waals surface area contributed by atoms with Crippen molar-refractivity contribution < 1.29 is 0 Å². The highest BCUT2D eigenvalue weighted by atomic mass is 35.5. The van der Waals surface area contributed by atoms with Crippen molar-refractivity contribution in [3.8, 4) is 0 Å². The standard InChI is InChI=1S/C19H19ClN2.H3N/c20-16-7-8-17-14(11-16)6-5-13-3-2-10-22-19(13)18(17)15-4-1-9-21-12-15;/h2-3,7-8,10-11,21H,1,4-6,9,12H2;1H3/b18-15-;. The van der Waals surface area contributed by atoms with Gasteiger partial charge in [-0.2, -0.15) is 0 Å². The Bertz CT molecular complexity index is 744. The predicted molar refractivity (Wildman–Crippen MR) is 96.2 cm³/mol. The van der Waals surface area contributed by atoms with Crippen LogP contribution in [0.4, 0.5) is 0 Å². The molecule has 2 aliphatic rings. The summed E-state index contributed by atoms with van der Waals surface area (Å²) in [4.78, 5) is 4.74. The van der Waals surface area contributed by atoms with Gasteiger partial charge in [-0.1, -0.05) is 23.7 Å². The van der Waals surface area contributed by atoms with Gasteiger partial charge in [-0.05, 0) is 72.7 Å². The number of aromatic nitrogens is 1. The number of nitrogens with zero attached hydrogens (tertiary/aromatic N) is 1. The highest BCUT2D eigenvalue weighted by Crippen LogP contribution is 2.37. The highest BCUT2D eigenvalue weighted by Gasteiger charge is 2.23. The van der Waals surface area contributed by atoms with Gasteiger partial charge in [0.25, 0.3) is 0 Å². The molecule has 2 aromatic rings. The molecule has 1 aromatic heterocycles. The Morgan fingerprint density at radius 3 is 2.74 bits per heavy atom. The second-order valence-corrected chi connectivity index (χ2v) is 6.51. The van der Waals surface area contributed by atoms with E-state index in [0.29, 0.717) is 0 Å². The minimum Gasteiger partial charge on any atom is -0.344 e. The topological polar surface area (TPSA) is 59.9 Å². The number of hydrogen-bond acceptors (Lipinski definition) is 3. The molecule has 0 spiro atoms. The fourth-order valence-electron chi connectivity index (χ4n) is 3.60. The fraction of sp³-hybridized carbons (Fsp3) is 0.316. The molecule has 4 N–H and O–H groups in total. The third-order valence-corrected chi connectivity index (χ3v) is 4.89. The monoisotopic (exact) mass is 327 g/mol. The largest absolute Gasteiger partial charge is 0.344 e. The molecule has 0 radical (unpaired) electrons. The molecule has 0 unspecified atom stereocenters. The van der Waals surface area contributed by atoms with Crippen LogP contribution in [0.5, 0.6) is 0 Å². The molecule has 3 nitrogen and oxygen atoms in total. The average Bonchev–Trinajstić information content (AvgIpc) is 2.72. The van der Waals surface area contributed by atoms with Gasteiger partial charge in [0.2, 0.25) is 0 Å². The summed E-state index contributed by atoms with van der Waals surface area (Å²) < 4.78 is 0. The maximum absolute atomic E-state index is 6.23. The van der Waals surface area contributed by atoms with Crippen molar-refractivity contribution >= 4 is 17.2 Å². The zero-order chi connectivity index (χ0) is 14.9. The SMILES string of the molecule is Clc1ccc2c(c1)CCc1cccnc1/C2=C1/CCCNC1.N. The first-order valence-corrected chi connectivity index (χ1v) is 8.36. The van der Waals surface area contributed by atoms with E-state index >= 15 is 0 Å². The average molecular weight is 328 g/mol. The van der Waals surface area contributed by atoms with Gasteiger partial charge in [-0.25, -0.2) is 0 Å². The summed E-state index contributed by atoms with van der Waals surface area (Å²) in [6.07, 6.45) is 6.32. The van der Waals surface area contributed by atoms with Crippen LogP contribution < -0.4 is 11.5 Å². The number of halogens is 1. The molecule has 1 fully saturated rings. The van der Waals surface area contributed by atoms with Crippen molar-refractivity contribution in [1.82, 2.24) is 16.5 Å². The van der Waals surface area contributed by atoms with Gasteiger partial charge in [-0.15, -0.1) is 0 Å². The molecule has 2 heterocycles. The van der Waals surface area contributed by atoms with E-state index in [4.69, 9.17) is 16.6 Å². The first-order chi connectivity index (χ1) is 10.8. The number of nitrogens with one attached hydrogen (secondary N) is 1. The van der Waals surface area contributed by atoms with Crippen LogP contribution in [0.1, 0.15) is 35.2 Å². The molecule has 1 aromatic carbocycles. The third kappa shape index (κ3) is 3.05. The summed E-state index contributed by atoms with van der Waals surface area (Å²) in [5.41, 5.74) is 8.01. The molecule has 23 heavy (non-hydrogen) atoms. The van der Waals surface area contributed by atoms with Crippen molar-refractivity contribution in [2.45, 2.75) is 25.7 Å². The molecule has 0 bridgehead atoms. The molecular formula is C19H22ClN3. The molecule has 0 amide bonds. The minimum atomic E-state index is 0. The quantitative estimate of drug-likeness (QED) is 0.763. The van der Waals surface area contributed by atoms with Crippen LogP contribution >= 0.6 is 11.6 Å². The Morgan fingerprint density at radius 2 is 1.91 bits per heavy atom. The maximum atomic E-state index is 6.23. The summed E-state index contributed by atoms with van der Waals surface area (Å²) in [5.74, 6) is 0. The van der Waals surface area contributed by atoms with Gasteiger partial charge in [0, 0.05) is 23.3 Å². The van der Waals surface area contributed by atoms with Crippen LogP contribution in [-0.2, 0) is 12.8 Å². The minimum absolute atomic E-state index is 0. The summed E-state index contributed by atoms with van der Waals surface area (Å²) in [7, 11) is 0. The van der Waals surface area contributed by atoms with Crippen LogP contribution in [0.2, 0.25) is 5.02 Å². The normalized spacial score (nSPS) is 20.0. The van der Waals surface area contributed by atoms with Crippen LogP contribution in [-0.4, -0.2) is 18.1 Å². The number of hydrogen-bond donors (Lipinski definition) is 2. The molecular weight excluding hydrogens is 306 g/mol. The van der Waals surface area contributed by atoms with Crippen LogP contribution in [0.3, 0.4) is 0 Å². The molecule has 0 atom stereocenters. The van der Waals surface area contributed by atoms with E-state index in [0.717, 1.165) is 37.4 Å². The second-order valence-electron chi connectivity index (χ2n) is 6.07. The van der Waals surface area contributed by atoms with E-state index in [1.807, 2.05) is 18.3 Å². The first kappa shape index (κ1) is 16.2. The van der Waals surface area contributed by atoms with Gasteiger partial charge in [0.05, 0.1) is 5.69 Å². The summed E-state index contributed by atoms with van der Waals surface area (Å²) in [6, 6.07) is 10.6. The Labute approximate surface area is 142 Å².